The molecule has 0 saturated heterocycles. The van der Waals surface area contributed by atoms with Crippen molar-refractivity contribution in [1.82, 2.24) is 0 Å². The van der Waals surface area contributed by atoms with Crippen molar-refractivity contribution in [3.05, 3.63) is 23.8 Å². The van der Waals surface area contributed by atoms with Crippen molar-refractivity contribution in [2.24, 2.45) is 4.99 Å². The second-order valence-electron chi connectivity index (χ2n) is 5.44. The fraction of sp³-hybridized carbons (Fsp3) is 0.429. The van der Waals surface area contributed by atoms with Crippen LogP contribution in [0.3, 0.4) is 0 Å². The Morgan fingerprint density at radius 3 is 2.89 bits per heavy atom. The van der Waals surface area contributed by atoms with Crippen LogP contribution in [-0.4, -0.2) is 23.3 Å². The monoisotopic (exact) mass is 276 g/mol. The van der Waals surface area contributed by atoms with E-state index >= 15 is 0 Å². The van der Waals surface area contributed by atoms with E-state index in [0.717, 1.165) is 16.9 Å². The van der Waals surface area contributed by atoms with Crippen LogP contribution in [0.1, 0.15) is 32.3 Å². The standard InChI is InChI=1S/C14H16N2O2S/c1-14(2,3)18-13(17)11-7-15-12-6-9(16-8-19)4-5-10(11)12/h4-6,11,15H,7H2,1-3H3. The molecule has 1 N–H and O–H groups in total. The lowest BCUT2D eigenvalue weighted by Crippen LogP contribution is -2.28. The van der Waals surface area contributed by atoms with E-state index in [2.05, 4.69) is 27.7 Å². The normalized spacial score (nSPS) is 17.1. The molecular weight excluding hydrogens is 260 g/mol. The molecular formula is C14H16N2O2S. The third-order valence-electron chi connectivity index (χ3n) is 2.77. The average Bonchev–Trinajstić information content (AvgIpc) is 2.70. The molecule has 1 aromatic rings. The van der Waals surface area contributed by atoms with Gasteiger partial charge >= 0.3 is 5.97 Å². The number of aliphatic imine (C=N–C) groups is 1. The number of isothiocyanates is 1. The van der Waals surface area contributed by atoms with Gasteiger partial charge in [-0.15, -0.1) is 0 Å². The van der Waals surface area contributed by atoms with Crippen LogP contribution in [0, 0.1) is 0 Å². The Morgan fingerprint density at radius 1 is 1.53 bits per heavy atom. The van der Waals surface area contributed by atoms with Crippen molar-refractivity contribution < 1.29 is 9.53 Å². The number of carbonyl (C=O) groups excluding carboxylic acids is 1. The van der Waals surface area contributed by atoms with Crippen molar-refractivity contribution >= 4 is 34.7 Å². The Balaban J connectivity index is 2.23. The third-order valence-corrected chi connectivity index (χ3v) is 2.87. The third kappa shape index (κ3) is 3.19. The van der Waals surface area contributed by atoms with Gasteiger partial charge in [0.1, 0.15) is 11.5 Å². The molecule has 0 bridgehead atoms. The first kappa shape index (κ1) is 13.7. The van der Waals surface area contributed by atoms with Gasteiger partial charge in [0.05, 0.1) is 10.8 Å². The number of carbonyl (C=O) groups is 1. The molecule has 1 aromatic carbocycles. The maximum Gasteiger partial charge on any atom is 0.315 e. The van der Waals surface area contributed by atoms with E-state index in [0.29, 0.717) is 6.54 Å². The SMILES string of the molecule is CC(C)(C)OC(=O)C1CNc2cc(N=C=S)ccc21. The summed E-state index contributed by atoms with van der Waals surface area (Å²) in [6.45, 7) is 6.15. The molecule has 1 atom stereocenters. The number of rotatable bonds is 2. The fourth-order valence-electron chi connectivity index (χ4n) is 2.03. The van der Waals surface area contributed by atoms with Gasteiger partial charge in [-0.25, -0.2) is 0 Å². The fourth-order valence-corrected chi connectivity index (χ4v) is 2.13. The van der Waals surface area contributed by atoms with E-state index in [4.69, 9.17) is 4.74 Å². The summed E-state index contributed by atoms with van der Waals surface area (Å²) in [5.41, 5.74) is 2.10. The highest BCUT2D eigenvalue weighted by molar-refractivity contribution is 7.78. The minimum atomic E-state index is -0.471. The first-order valence-electron chi connectivity index (χ1n) is 6.09. The highest BCUT2D eigenvalue weighted by atomic mass is 32.1. The van der Waals surface area contributed by atoms with Gasteiger partial charge in [-0.05, 0) is 50.7 Å². The Kier molecular flexibility index (Phi) is 3.69. The van der Waals surface area contributed by atoms with Crippen LogP contribution in [0.5, 0.6) is 0 Å². The molecule has 0 spiro atoms. The molecule has 1 aliphatic heterocycles. The lowest BCUT2D eigenvalue weighted by molar-refractivity contribution is -0.156. The molecule has 100 valence electrons. The molecule has 1 aliphatic rings. The zero-order valence-corrected chi connectivity index (χ0v) is 12.0. The molecule has 4 nitrogen and oxygen atoms in total. The molecule has 1 heterocycles. The van der Waals surface area contributed by atoms with Gasteiger partial charge in [0.25, 0.3) is 0 Å². The topological polar surface area (TPSA) is 50.7 Å². The molecule has 0 radical (unpaired) electrons. The number of benzene rings is 1. The summed E-state index contributed by atoms with van der Waals surface area (Å²) in [6, 6.07) is 5.57. The van der Waals surface area contributed by atoms with Crippen LogP contribution in [0.25, 0.3) is 0 Å². The molecule has 0 aliphatic carbocycles. The van der Waals surface area contributed by atoms with Crippen molar-refractivity contribution in [2.45, 2.75) is 32.3 Å². The number of anilines is 1. The minimum absolute atomic E-state index is 0.204. The average molecular weight is 276 g/mol. The zero-order valence-electron chi connectivity index (χ0n) is 11.2. The summed E-state index contributed by atoms with van der Waals surface area (Å²) < 4.78 is 5.42. The maximum absolute atomic E-state index is 12.1. The number of esters is 1. The van der Waals surface area contributed by atoms with Gasteiger partial charge in [0.2, 0.25) is 0 Å². The molecule has 5 heteroatoms. The van der Waals surface area contributed by atoms with Crippen molar-refractivity contribution in [3.63, 3.8) is 0 Å². The van der Waals surface area contributed by atoms with Gasteiger partial charge in [0, 0.05) is 12.2 Å². The quantitative estimate of drug-likeness (QED) is 0.511. The highest BCUT2D eigenvalue weighted by Gasteiger charge is 2.32. The maximum atomic E-state index is 12.1. The van der Waals surface area contributed by atoms with Crippen molar-refractivity contribution in [1.29, 1.82) is 0 Å². The molecule has 0 saturated carbocycles. The number of thiocarbonyl (C=S) groups is 1. The van der Waals surface area contributed by atoms with Crippen LogP contribution in [0.4, 0.5) is 11.4 Å². The molecule has 0 fully saturated rings. The Morgan fingerprint density at radius 2 is 2.26 bits per heavy atom. The summed E-state index contributed by atoms with van der Waals surface area (Å²) in [7, 11) is 0. The summed E-state index contributed by atoms with van der Waals surface area (Å²) in [6.07, 6.45) is 0. The number of nitrogens with one attached hydrogen (secondary N) is 1. The van der Waals surface area contributed by atoms with E-state index < -0.39 is 5.60 Å². The largest absolute Gasteiger partial charge is 0.459 e. The van der Waals surface area contributed by atoms with Gasteiger partial charge in [0.15, 0.2) is 0 Å². The number of nitrogens with zero attached hydrogens (tertiary/aromatic N) is 1. The van der Waals surface area contributed by atoms with E-state index in [-0.39, 0.29) is 11.9 Å². The minimum Gasteiger partial charge on any atom is -0.459 e. The molecule has 19 heavy (non-hydrogen) atoms. The predicted molar refractivity (Wildman–Crippen MR) is 78.2 cm³/mol. The summed E-state index contributed by atoms with van der Waals surface area (Å²) in [5.74, 6) is -0.468. The first-order chi connectivity index (χ1) is 8.90. The van der Waals surface area contributed by atoms with E-state index in [9.17, 15) is 4.79 Å². The van der Waals surface area contributed by atoms with Gasteiger partial charge in [-0.3, -0.25) is 4.79 Å². The second kappa shape index (κ2) is 5.11. The Hall–Kier alpha value is -1.71. The first-order valence-corrected chi connectivity index (χ1v) is 6.50. The Bertz CT molecular complexity index is 557. The van der Waals surface area contributed by atoms with Crippen LogP contribution >= 0.6 is 12.2 Å². The summed E-state index contributed by atoms with van der Waals surface area (Å²) in [4.78, 5) is 16.0. The van der Waals surface area contributed by atoms with E-state index in [1.54, 1.807) is 0 Å². The van der Waals surface area contributed by atoms with Crippen LogP contribution in [0.2, 0.25) is 0 Å². The Labute approximate surface area is 117 Å². The van der Waals surface area contributed by atoms with Crippen molar-refractivity contribution in [3.8, 4) is 0 Å². The molecule has 0 aromatic heterocycles. The molecule has 1 unspecified atom stereocenters. The van der Waals surface area contributed by atoms with Gasteiger partial charge < -0.3 is 10.1 Å². The lowest BCUT2D eigenvalue weighted by Gasteiger charge is -2.22. The number of ether oxygens (including phenoxy) is 1. The lowest BCUT2D eigenvalue weighted by atomic mass is 10.0. The van der Waals surface area contributed by atoms with Gasteiger partial charge in [-0.1, -0.05) is 6.07 Å². The van der Waals surface area contributed by atoms with Gasteiger partial charge in [-0.2, -0.15) is 4.99 Å². The van der Waals surface area contributed by atoms with Crippen LogP contribution in [-0.2, 0) is 9.53 Å². The van der Waals surface area contributed by atoms with Crippen LogP contribution < -0.4 is 5.32 Å². The second-order valence-corrected chi connectivity index (χ2v) is 5.62. The molecule has 2 rings (SSSR count). The highest BCUT2D eigenvalue weighted by Crippen LogP contribution is 2.35. The molecule has 0 amide bonds. The number of hydrogen-bond donors (Lipinski definition) is 1. The smallest absolute Gasteiger partial charge is 0.315 e. The number of hydrogen-bond acceptors (Lipinski definition) is 5. The number of fused-ring (bicyclic) bond motifs is 1. The summed E-state index contributed by atoms with van der Waals surface area (Å²) in [5, 5.41) is 5.52. The van der Waals surface area contributed by atoms with Crippen LogP contribution in [0.15, 0.2) is 23.2 Å². The summed E-state index contributed by atoms with van der Waals surface area (Å²) >= 11 is 4.58. The van der Waals surface area contributed by atoms with E-state index in [1.807, 2.05) is 39.0 Å². The predicted octanol–water partition coefficient (Wildman–Crippen LogP) is 3.27. The zero-order chi connectivity index (χ0) is 14.0. The van der Waals surface area contributed by atoms with E-state index in [1.165, 1.54) is 0 Å². The van der Waals surface area contributed by atoms with Crippen molar-refractivity contribution in [2.75, 3.05) is 11.9 Å².